The summed E-state index contributed by atoms with van der Waals surface area (Å²) in [6.45, 7) is 3.85. The van der Waals surface area contributed by atoms with Crippen LogP contribution in [0.4, 0.5) is 0 Å². The van der Waals surface area contributed by atoms with Gasteiger partial charge in [-0.05, 0) is 41.9 Å². The van der Waals surface area contributed by atoms with E-state index in [0.717, 1.165) is 21.5 Å². The van der Waals surface area contributed by atoms with Gasteiger partial charge >= 0.3 is 0 Å². The van der Waals surface area contributed by atoms with Crippen LogP contribution in [0.25, 0.3) is 0 Å². The highest BCUT2D eigenvalue weighted by Crippen LogP contribution is 2.38. The first-order valence-electron chi connectivity index (χ1n) is 4.61. The SMILES string of the molecule is COc1cc(Br)c(OC)c(C(C)(C)N)c1. The number of halogens is 1. The van der Waals surface area contributed by atoms with E-state index in [0.29, 0.717) is 0 Å². The Balaban J connectivity index is 3.39. The highest BCUT2D eigenvalue weighted by Gasteiger charge is 2.22. The van der Waals surface area contributed by atoms with E-state index in [4.69, 9.17) is 15.2 Å². The van der Waals surface area contributed by atoms with Crippen LogP contribution in [0.1, 0.15) is 19.4 Å². The number of ether oxygens (including phenoxy) is 2. The maximum Gasteiger partial charge on any atom is 0.138 e. The van der Waals surface area contributed by atoms with Crippen molar-refractivity contribution in [3.63, 3.8) is 0 Å². The minimum atomic E-state index is -0.470. The van der Waals surface area contributed by atoms with Gasteiger partial charge in [-0.1, -0.05) is 0 Å². The third-order valence-corrected chi connectivity index (χ3v) is 2.74. The van der Waals surface area contributed by atoms with Crippen LogP contribution >= 0.6 is 15.9 Å². The van der Waals surface area contributed by atoms with E-state index in [9.17, 15) is 0 Å². The van der Waals surface area contributed by atoms with Crippen LogP contribution in [0.15, 0.2) is 16.6 Å². The first kappa shape index (κ1) is 12.3. The van der Waals surface area contributed by atoms with Crippen molar-refractivity contribution in [2.24, 2.45) is 5.73 Å². The third-order valence-electron chi connectivity index (χ3n) is 2.15. The predicted octanol–water partition coefficient (Wildman–Crippen LogP) is 2.66. The number of nitrogens with two attached hydrogens (primary N) is 1. The molecule has 1 aromatic rings. The highest BCUT2D eigenvalue weighted by molar-refractivity contribution is 9.10. The second-order valence-electron chi connectivity index (χ2n) is 3.91. The van der Waals surface area contributed by atoms with Gasteiger partial charge < -0.3 is 15.2 Å². The molecule has 0 saturated heterocycles. The van der Waals surface area contributed by atoms with Crippen molar-refractivity contribution in [1.29, 1.82) is 0 Å². The van der Waals surface area contributed by atoms with E-state index < -0.39 is 5.54 Å². The molecule has 0 atom stereocenters. The summed E-state index contributed by atoms with van der Waals surface area (Å²) in [6, 6.07) is 3.75. The first-order chi connectivity index (χ1) is 6.90. The summed E-state index contributed by atoms with van der Waals surface area (Å²) < 4.78 is 11.4. The molecule has 2 N–H and O–H groups in total. The van der Waals surface area contributed by atoms with Gasteiger partial charge in [-0.15, -0.1) is 0 Å². The Morgan fingerprint density at radius 3 is 2.20 bits per heavy atom. The molecule has 0 saturated carbocycles. The minimum Gasteiger partial charge on any atom is -0.497 e. The van der Waals surface area contributed by atoms with Gasteiger partial charge in [0.2, 0.25) is 0 Å². The van der Waals surface area contributed by atoms with Crippen molar-refractivity contribution in [3.8, 4) is 11.5 Å². The van der Waals surface area contributed by atoms with Crippen LogP contribution in [0, 0.1) is 0 Å². The van der Waals surface area contributed by atoms with Gasteiger partial charge in [0.15, 0.2) is 0 Å². The highest BCUT2D eigenvalue weighted by atomic mass is 79.9. The zero-order valence-corrected chi connectivity index (χ0v) is 11.0. The molecule has 0 heterocycles. The summed E-state index contributed by atoms with van der Waals surface area (Å²) in [5.74, 6) is 1.51. The molecule has 0 spiro atoms. The van der Waals surface area contributed by atoms with Crippen molar-refractivity contribution >= 4 is 15.9 Å². The molecule has 0 unspecified atom stereocenters. The van der Waals surface area contributed by atoms with Crippen LogP contribution in [-0.4, -0.2) is 14.2 Å². The van der Waals surface area contributed by atoms with E-state index in [1.54, 1.807) is 14.2 Å². The molecule has 0 aliphatic carbocycles. The van der Waals surface area contributed by atoms with Crippen molar-refractivity contribution < 1.29 is 9.47 Å². The zero-order chi connectivity index (χ0) is 11.6. The standard InChI is InChI=1S/C11H16BrNO2/c1-11(2,13)8-5-7(14-3)6-9(12)10(8)15-4/h5-6H,13H2,1-4H3. The van der Waals surface area contributed by atoms with Crippen LogP contribution in [0.3, 0.4) is 0 Å². The summed E-state index contributed by atoms with van der Waals surface area (Å²) >= 11 is 3.43. The van der Waals surface area contributed by atoms with Crippen LogP contribution < -0.4 is 15.2 Å². The topological polar surface area (TPSA) is 44.5 Å². The second-order valence-corrected chi connectivity index (χ2v) is 4.77. The van der Waals surface area contributed by atoms with Gasteiger partial charge in [0.05, 0.1) is 18.7 Å². The fourth-order valence-electron chi connectivity index (χ4n) is 1.37. The van der Waals surface area contributed by atoms with Gasteiger partial charge in [0.25, 0.3) is 0 Å². The molecule has 0 aliphatic heterocycles. The number of hydrogen-bond donors (Lipinski definition) is 1. The predicted molar refractivity (Wildman–Crippen MR) is 64.5 cm³/mol. The van der Waals surface area contributed by atoms with Crippen LogP contribution in [0.5, 0.6) is 11.5 Å². The minimum absolute atomic E-state index is 0.470. The van der Waals surface area contributed by atoms with Gasteiger partial charge in [-0.25, -0.2) is 0 Å². The van der Waals surface area contributed by atoms with Gasteiger partial charge in [0.1, 0.15) is 11.5 Å². The lowest BCUT2D eigenvalue weighted by Crippen LogP contribution is -2.29. The molecule has 0 amide bonds. The van der Waals surface area contributed by atoms with Gasteiger partial charge in [0, 0.05) is 11.1 Å². The molecule has 4 heteroatoms. The summed E-state index contributed by atoms with van der Waals surface area (Å²) in [5, 5.41) is 0. The maximum absolute atomic E-state index is 6.07. The lowest BCUT2D eigenvalue weighted by atomic mass is 9.94. The van der Waals surface area contributed by atoms with Crippen LogP contribution in [-0.2, 0) is 5.54 Å². The number of rotatable bonds is 3. The molecule has 0 fully saturated rings. The van der Waals surface area contributed by atoms with Crippen molar-refractivity contribution in [1.82, 2.24) is 0 Å². The number of hydrogen-bond acceptors (Lipinski definition) is 3. The van der Waals surface area contributed by atoms with E-state index >= 15 is 0 Å². The molecule has 1 aromatic carbocycles. The van der Waals surface area contributed by atoms with Gasteiger partial charge in [-0.3, -0.25) is 0 Å². The van der Waals surface area contributed by atoms with E-state index in [2.05, 4.69) is 15.9 Å². The molecule has 1 rings (SSSR count). The Morgan fingerprint density at radius 1 is 1.20 bits per heavy atom. The lowest BCUT2D eigenvalue weighted by Gasteiger charge is -2.23. The van der Waals surface area contributed by atoms with E-state index in [-0.39, 0.29) is 0 Å². The maximum atomic E-state index is 6.07. The number of benzene rings is 1. The molecule has 0 aliphatic rings. The average molecular weight is 274 g/mol. The second kappa shape index (κ2) is 4.41. The Kier molecular flexibility index (Phi) is 3.62. The Morgan fingerprint density at radius 2 is 1.80 bits per heavy atom. The molecule has 84 valence electrons. The molecular formula is C11H16BrNO2. The quantitative estimate of drug-likeness (QED) is 0.921. The molecule has 3 nitrogen and oxygen atoms in total. The normalized spacial score (nSPS) is 11.3. The Hall–Kier alpha value is -0.740. The lowest BCUT2D eigenvalue weighted by molar-refractivity contribution is 0.382. The average Bonchev–Trinajstić information content (AvgIpc) is 2.15. The molecule has 0 radical (unpaired) electrons. The van der Waals surface area contributed by atoms with E-state index in [1.165, 1.54) is 0 Å². The smallest absolute Gasteiger partial charge is 0.138 e. The zero-order valence-electron chi connectivity index (χ0n) is 9.43. The Bertz CT molecular complexity index is 358. The number of methoxy groups -OCH3 is 2. The summed E-state index contributed by atoms with van der Waals surface area (Å²) in [6.07, 6.45) is 0. The third kappa shape index (κ3) is 2.63. The first-order valence-corrected chi connectivity index (χ1v) is 5.40. The molecule has 15 heavy (non-hydrogen) atoms. The molecular weight excluding hydrogens is 258 g/mol. The fraction of sp³-hybridized carbons (Fsp3) is 0.455. The largest absolute Gasteiger partial charge is 0.497 e. The van der Waals surface area contributed by atoms with Crippen LogP contribution in [0.2, 0.25) is 0 Å². The fourth-order valence-corrected chi connectivity index (χ4v) is 1.97. The van der Waals surface area contributed by atoms with Crippen molar-refractivity contribution in [3.05, 3.63) is 22.2 Å². The van der Waals surface area contributed by atoms with Crippen molar-refractivity contribution in [2.75, 3.05) is 14.2 Å². The van der Waals surface area contributed by atoms with Gasteiger partial charge in [-0.2, -0.15) is 0 Å². The van der Waals surface area contributed by atoms with E-state index in [1.807, 2.05) is 26.0 Å². The summed E-state index contributed by atoms with van der Waals surface area (Å²) in [7, 11) is 3.25. The summed E-state index contributed by atoms with van der Waals surface area (Å²) in [5.41, 5.74) is 6.51. The Labute approximate surface area is 98.7 Å². The monoisotopic (exact) mass is 273 g/mol. The van der Waals surface area contributed by atoms with Crippen molar-refractivity contribution in [2.45, 2.75) is 19.4 Å². The molecule has 0 aromatic heterocycles. The summed E-state index contributed by atoms with van der Waals surface area (Å²) in [4.78, 5) is 0. The molecule has 0 bridgehead atoms.